The average Bonchev–Trinajstić information content (AvgIpc) is 2.42. The first-order valence-electron chi connectivity index (χ1n) is 5.46. The van der Waals surface area contributed by atoms with Crippen LogP contribution in [0.5, 0.6) is 0 Å². The van der Waals surface area contributed by atoms with Crippen LogP contribution in [-0.4, -0.2) is 11.0 Å². The number of aromatic nitrogens is 1. The quantitative estimate of drug-likeness (QED) is 0.762. The maximum Gasteiger partial charge on any atom is 0.323 e. The number of nitriles is 1. The highest BCUT2D eigenvalue weighted by Gasteiger charge is 2.05. The zero-order valence-corrected chi connectivity index (χ0v) is 9.92. The minimum Gasteiger partial charge on any atom is -0.396 e. The molecule has 0 saturated carbocycles. The van der Waals surface area contributed by atoms with Gasteiger partial charge in [0.1, 0.15) is 0 Å². The van der Waals surface area contributed by atoms with E-state index in [4.69, 9.17) is 11.0 Å². The van der Waals surface area contributed by atoms with Gasteiger partial charge in [0.15, 0.2) is 0 Å². The van der Waals surface area contributed by atoms with Gasteiger partial charge < -0.3 is 16.4 Å². The van der Waals surface area contributed by atoms with E-state index in [-0.39, 0.29) is 0 Å². The number of hydrogen-bond donors (Lipinski definition) is 3. The van der Waals surface area contributed by atoms with Crippen LogP contribution in [0.2, 0.25) is 0 Å². The number of pyridine rings is 1. The van der Waals surface area contributed by atoms with Gasteiger partial charge in [0, 0.05) is 11.9 Å². The third kappa shape index (κ3) is 3.20. The fourth-order valence-electron chi connectivity index (χ4n) is 1.43. The van der Waals surface area contributed by atoms with Gasteiger partial charge in [-0.25, -0.2) is 4.79 Å². The standard InChI is InChI=1S/C13H11N5O/c14-7-9-1-3-10(4-2-9)17-13(19)18-12-5-6-16-8-11(12)15/h1-6,8H,15H2,(H2,16,17,18,19). The van der Waals surface area contributed by atoms with Crippen molar-refractivity contribution in [1.82, 2.24) is 4.98 Å². The average molecular weight is 253 g/mol. The Morgan fingerprint density at radius 3 is 2.58 bits per heavy atom. The Hall–Kier alpha value is -3.07. The predicted octanol–water partition coefficient (Wildman–Crippen LogP) is 2.18. The molecule has 0 atom stereocenters. The lowest BCUT2D eigenvalue weighted by atomic mass is 10.2. The zero-order valence-electron chi connectivity index (χ0n) is 9.92. The summed E-state index contributed by atoms with van der Waals surface area (Å²) in [6.07, 6.45) is 2.99. The number of nitrogens with one attached hydrogen (secondary N) is 2. The highest BCUT2D eigenvalue weighted by atomic mass is 16.2. The zero-order chi connectivity index (χ0) is 13.7. The summed E-state index contributed by atoms with van der Waals surface area (Å²) in [5.41, 5.74) is 7.65. The second-order valence-corrected chi connectivity index (χ2v) is 3.73. The van der Waals surface area contributed by atoms with Gasteiger partial charge in [-0.1, -0.05) is 0 Å². The van der Waals surface area contributed by atoms with Crippen molar-refractivity contribution in [2.75, 3.05) is 16.4 Å². The van der Waals surface area contributed by atoms with Crippen molar-refractivity contribution < 1.29 is 4.79 Å². The number of hydrogen-bond acceptors (Lipinski definition) is 4. The first-order chi connectivity index (χ1) is 9.19. The molecule has 0 radical (unpaired) electrons. The van der Waals surface area contributed by atoms with Crippen LogP contribution in [-0.2, 0) is 0 Å². The fourth-order valence-corrected chi connectivity index (χ4v) is 1.43. The molecule has 1 aromatic carbocycles. The maximum absolute atomic E-state index is 11.7. The van der Waals surface area contributed by atoms with Crippen LogP contribution < -0.4 is 16.4 Å². The van der Waals surface area contributed by atoms with Gasteiger partial charge in [0.05, 0.1) is 29.2 Å². The van der Waals surface area contributed by atoms with Crippen molar-refractivity contribution in [3.05, 3.63) is 48.3 Å². The van der Waals surface area contributed by atoms with Crippen molar-refractivity contribution in [1.29, 1.82) is 5.26 Å². The van der Waals surface area contributed by atoms with E-state index in [1.807, 2.05) is 6.07 Å². The van der Waals surface area contributed by atoms with Gasteiger partial charge >= 0.3 is 6.03 Å². The molecular weight excluding hydrogens is 242 g/mol. The number of benzene rings is 1. The molecule has 6 nitrogen and oxygen atoms in total. The molecule has 0 saturated heterocycles. The minimum atomic E-state index is -0.414. The number of carbonyl (C=O) groups is 1. The monoisotopic (exact) mass is 253 g/mol. The third-order valence-electron chi connectivity index (χ3n) is 2.37. The van der Waals surface area contributed by atoms with E-state index in [1.165, 1.54) is 12.4 Å². The number of anilines is 3. The SMILES string of the molecule is N#Cc1ccc(NC(=O)Nc2ccncc2N)cc1. The van der Waals surface area contributed by atoms with Gasteiger partial charge in [-0.15, -0.1) is 0 Å². The molecule has 0 aliphatic carbocycles. The lowest BCUT2D eigenvalue weighted by molar-refractivity contribution is 0.262. The van der Waals surface area contributed by atoms with E-state index < -0.39 is 6.03 Å². The molecule has 1 aromatic heterocycles. The lowest BCUT2D eigenvalue weighted by Crippen LogP contribution is -2.20. The number of nitrogen functional groups attached to an aromatic ring is 1. The van der Waals surface area contributed by atoms with E-state index in [0.29, 0.717) is 22.6 Å². The van der Waals surface area contributed by atoms with E-state index in [2.05, 4.69) is 15.6 Å². The summed E-state index contributed by atoms with van der Waals surface area (Å²) in [7, 11) is 0. The van der Waals surface area contributed by atoms with Crippen molar-refractivity contribution in [2.45, 2.75) is 0 Å². The molecule has 6 heteroatoms. The molecule has 2 amide bonds. The molecular formula is C13H11N5O. The van der Waals surface area contributed by atoms with E-state index in [9.17, 15) is 4.79 Å². The summed E-state index contributed by atoms with van der Waals surface area (Å²) in [6, 6.07) is 9.73. The Bertz CT molecular complexity index is 630. The van der Waals surface area contributed by atoms with Crippen molar-refractivity contribution in [2.24, 2.45) is 0 Å². The van der Waals surface area contributed by atoms with Crippen LogP contribution in [0.25, 0.3) is 0 Å². The number of nitrogens with two attached hydrogens (primary N) is 1. The van der Waals surface area contributed by atoms with Gasteiger partial charge in [-0.3, -0.25) is 4.98 Å². The predicted molar refractivity (Wildman–Crippen MR) is 72.4 cm³/mol. The first-order valence-corrected chi connectivity index (χ1v) is 5.46. The van der Waals surface area contributed by atoms with Gasteiger partial charge in [0.25, 0.3) is 0 Å². The molecule has 1 heterocycles. The Labute approximate surface area is 109 Å². The topological polar surface area (TPSA) is 104 Å². The summed E-state index contributed by atoms with van der Waals surface area (Å²) >= 11 is 0. The molecule has 2 rings (SSSR count). The largest absolute Gasteiger partial charge is 0.396 e. The number of nitrogens with zero attached hydrogens (tertiary/aromatic N) is 2. The van der Waals surface area contributed by atoms with E-state index >= 15 is 0 Å². The number of urea groups is 1. The summed E-state index contributed by atoms with van der Waals surface area (Å²) in [4.78, 5) is 15.6. The molecule has 2 aromatic rings. The second kappa shape index (κ2) is 5.51. The number of carbonyl (C=O) groups excluding carboxylic acids is 1. The summed E-state index contributed by atoms with van der Waals surface area (Å²) in [5, 5.41) is 13.9. The smallest absolute Gasteiger partial charge is 0.323 e. The van der Waals surface area contributed by atoms with Crippen LogP contribution in [0.15, 0.2) is 42.7 Å². The summed E-state index contributed by atoms with van der Waals surface area (Å²) in [5.74, 6) is 0. The van der Waals surface area contributed by atoms with Crippen LogP contribution >= 0.6 is 0 Å². The van der Waals surface area contributed by atoms with Gasteiger partial charge in [-0.05, 0) is 30.3 Å². The van der Waals surface area contributed by atoms with Crippen molar-refractivity contribution >= 4 is 23.1 Å². The highest BCUT2D eigenvalue weighted by Crippen LogP contribution is 2.16. The molecule has 94 valence electrons. The lowest BCUT2D eigenvalue weighted by Gasteiger charge is -2.09. The normalized spacial score (nSPS) is 9.42. The first kappa shape index (κ1) is 12.4. The van der Waals surface area contributed by atoms with Crippen LogP contribution in [0, 0.1) is 11.3 Å². The Kier molecular flexibility index (Phi) is 3.59. The van der Waals surface area contributed by atoms with Crippen LogP contribution in [0.1, 0.15) is 5.56 Å². The Morgan fingerprint density at radius 1 is 1.21 bits per heavy atom. The molecule has 0 aliphatic rings. The minimum absolute atomic E-state index is 0.387. The number of rotatable bonds is 2. The molecule has 0 spiro atoms. The molecule has 19 heavy (non-hydrogen) atoms. The molecule has 4 N–H and O–H groups in total. The molecule has 0 unspecified atom stereocenters. The molecule has 0 aliphatic heterocycles. The van der Waals surface area contributed by atoms with Crippen molar-refractivity contribution in [3.63, 3.8) is 0 Å². The maximum atomic E-state index is 11.7. The fraction of sp³-hybridized carbons (Fsp3) is 0. The Balaban J connectivity index is 2.01. The molecule has 0 fully saturated rings. The van der Waals surface area contributed by atoms with Gasteiger partial charge in [-0.2, -0.15) is 5.26 Å². The summed E-state index contributed by atoms with van der Waals surface area (Å²) in [6.45, 7) is 0. The van der Waals surface area contributed by atoms with Crippen molar-refractivity contribution in [3.8, 4) is 6.07 Å². The number of amides is 2. The molecule has 0 bridgehead atoms. The van der Waals surface area contributed by atoms with E-state index in [1.54, 1.807) is 30.3 Å². The second-order valence-electron chi connectivity index (χ2n) is 3.73. The van der Waals surface area contributed by atoms with Crippen LogP contribution in [0.4, 0.5) is 21.9 Å². The van der Waals surface area contributed by atoms with E-state index in [0.717, 1.165) is 0 Å². The third-order valence-corrected chi connectivity index (χ3v) is 2.37. The van der Waals surface area contributed by atoms with Gasteiger partial charge in [0.2, 0.25) is 0 Å². The Morgan fingerprint density at radius 2 is 1.95 bits per heavy atom. The summed E-state index contributed by atoms with van der Waals surface area (Å²) < 4.78 is 0. The highest BCUT2D eigenvalue weighted by molar-refractivity contribution is 6.01. The van der Waals surface area contributed by atoms with Crippen LogP contribution in [0.3, 0.4) is 0 Å².